The van der Waals surface area contributed by atoms with Gasteiger partial charge in [0.15, 0.2) is 0 Å². The summed E-state index contributed by atoms with van der Waals surface area (Å²) >= 11 is 4.34. The lowest BCUT2D eigenvalue weighted by atomic mass is 10.3. The van der Waals surface area contributed by atoms with Crippen LogP contribution in [0, 0.1) is 0 Å². The number of rotatable bonds is 0. The first-order chi connectivity index (χ1) is 5.20. The zero-order valence-electron chi connectivity index (χ0n) is 5.77. The van der Waals surface area contributed by atoms with E-state index in [9.17, 15) is 0 Å². The standard InChI is InChI=1S/C7H8N2S2/c8-11(10)5-9-6-3-1-2-4-7(6)11/h1-5,10H,8H2. The summed E-state index contributed by atoms with van der Waals surface area (Å²) < 4.78 is 0. The third-order valence-corrected chi connectivity index (χ3v) is 3.92. The van der Waals surface area contributed by atoms with Crippen LogP contribution in [0.15, 0.2) is 34.2 Å². The van der Waals surface area contributed by atoms with E-state index in [4.69, 9.17) is 5.14 Å². The molecule has 11 heavy (non-hydrogen) atoms. The second-order valence-electron chi connectivity index (χ2n) is 2.38. The van der Waals surface area contributed by atoms with E-state index in [1.54, 1.807) is 5.55 Å². The number of benzene rings is 1. The number of nitrogens with zero attached hydrogens (tertiary/aromatic N) is 1. The SMILES string of the molecule is NS1(S)C=Nc2ccccc21. The van der Waals surface area contributed by atoms with Gasteiger partial charge in [-0.25, -0.2) is 4.99 Å². The molecule has 0 radical (unpaired) electrons. The minimum absolute atomic E-state index is 0.958. The molecule has 1 aromatic carbocycles. The largest absolute Gasteiger partial charge is 0.278 e. The monoisotopic (exact) mass is 184 g/mol. The van der Waals surface area contributed by atoms with Crippen LogP contribution < -0.4 is 5.14 Å². The highest BCUT2D eigenvalue weighted by Crippen LogP contribution is 2.58. The lowest BCUT2D eigenvalue weighted by Crippen LogP contribution is -2.01. The maximum Gasteiger partial charge on any atom is 0.0779 e. The lowest BCUT2D eigenvalue weighted by molar-refractivity contribution is 1.40. The van der Waals surface area contributed by atoms with Crippen molar-refractivity contribution in [1.82, 2.24) is 0 Å². The second-order valence-corrected chi connectivity index (χ2v) is 6.19. The van der Waals surface area contributed by atoms with Gasteiger partial charge in [0.2, 0.25) is 0 Å². The lowest BCUT2D eigenvalue weighted by Gasteiger charge is -2.19. The highest BCUT2D eigenvalue weighted by molar-refractivity contribution is 8.92. The number of thiol groups is 1. The van der Waals surface area contributed by atoms with Crippen molar-refractivity contribution in [3.8, 4) is 0 Å². The van der Waals surface area contributed by atoms with Crippen molar-refractivity contribution >= 4 is 32.1 Å². The number of para-hydroxylation sites is 1. The molecule has 1 aliphatic heterocycles. The third kappa shape index (κ3) is 1.07. The van der Waals surface area contributed by atoms with E-state index in [0.29, 0.717) is 0 Å². The van der Waals surface area contributed by atoms with Crippen molar-refractivity contribution < 1.29 is 0 Å². The predicted molar refractivity (Wildman–Crippen MR) is 53.6 cm³/mol. The summed E-state index contributed by atoms with van der Waals surface area (Å²) in [5.74, 6) is 0. The van der Waals surface area contributed by atoms with Gasteiger partial charge in [0.1, 0.15) is 0 Å². The summed E-state index contributed by atoms with van der Waals surface area (Å²) in [4.78, 5) is 5.22. The van der Waals surface area contributed by atoms with Crippen molar-refractivity contribution in [2.24, 2.45) is 10.1 Å². The van der Waals surface area contributed by atoms with Crippen LogP contribution in [-0.4, -0.2) is 5.55 Å². The summed E-state index contributed by atoms with van der Waals surface area (Å²) in [5, 5.41) is 5.89. The molecule has 0 saturated carbocycles. The molecule has 1 atom stereocenters. The Kier molecular flexibility index (Phi) is 1.49. The van der Waals surface area contributed by atoms with Crippen LogP contribution in [0.2, 0.25) is 0 Å². The van der Waals surface area contributed by atoms with E-state index in [-0.39, 0.29) is 0 Å². The summed E-state index contributed by atoms with van der Waals surface area (Å²) in [5.41, 5.74) is 2.70. The zero-order valence-corrected chi connectivity index (χ0v) is 7.48. The van der Waals surface area contributed by atoms with Crippen LogP contribution in [0.3, 0.4) is 0 Å². The highest BCUT2D eigenvalue weighted by Gasteiger charge is 2.22. The maximum atomic E-state index is 5.89. The van der Waals surface area contributed by atoms with Crippen LogP contribution in [0.1, 0.15) is 0 Å². The van der Waals surface area contributed by atoms with Gasteiger partial charge in [-0.3, -0.25) is 5.14 Å². The van der Waals surface area contributed by atoms with Gasteiger partial charge >= 0.3 is 0 Å². The number of hydrogen-bond donors (Lipinski definition) is 2. The van der Waals surface area contributed by atoms with Gasteiger partial charge in [-0.2, -0.15) is 0 Å². The molecule has 0 fully saturated rings. The topological polar surface area (TPSA) is 38.4 Å². The van der Waals surface area contributed by atoms with E-state index in [0.717, 1.165) is 10.6 Å². The molecule has 0 spiro atoms. The van der Waals surface area contributed by atoms with E-state index < -0.39 is 9.25 Å². The Labute approximate surface area is 71.8 Å². The Bertz CT molecular complexity index is 320. The van der Waals surface area contributed by atoms with Gasteiger partial charge in [0.05, 0.1) is 11.2 Å². The Morgan fingerprint density at radius 1 is 1.36 bits per heavy atom. The highest BCUT2D eigenvalue weighted by atomic mass is 33.1. The third-order valence-electron chi connectivity index (χ3n) is 1.57. The quantitative estimate of drug-likeness (QED) is 0.471. The van der Waals surface area contributed by atoms with Gasteiger partial charge in [0, 0.05) is 4.90 Å². The number of hydrogen-bond acceptors (Lipinski definition) is 3. The van der Waals surface area contributed by atoms with Gasteiger partial charge < -0.3 is 0 Å². The van der Waals surface area contributed by atoms with Crippen molar-refractivity contribution in [3.05, 3.63) is 24.3 Å². The molecule has 0 aromatic heterocycles. The fourth-order valence-corrected chi connectivity index (χ4v) is 2.78. The molecular formula is C7H8N2S2. The Morgan fingerprint density at radius 2 is 2.09 bits per heavy atom. The van der Waals surface area contributed by atoms with Gasteiger partial charge in [-0.15, -0.1) is 11.7 Å². The molecule has 2 N–H and O–H groups in total. The van der Waals surface area contributed by atoms with Crippen LogP contribution in [0.5, 0.6) is 0 Å². The number of aliphatic imine (C=N–C) groups is 1. The van der Waals surface area contributed by atoms with Gasteiger partial charge in [-0.05, 0) is 12.1 Å². The normalized spacial score (nSPS) is 32.9. The first kappa shape index (κ1) is 7.21. The summed E-state index contributed by atoms with van der Waals surface area (Å²) in [6, 6.07) is 7.83. The van der Waals surface area contributed by atoms with Crippen LogP contribution in [0.25, 0.3) is 0 Å². The molecule has 4 heteroatoms. The molecule has 0 aliphatic carbocycles. The minimum Gasteiger partial charge on any atom is -0.278 e. The molecule has 2 nitrogen and oxygen atoms in total. The molecule has 1 heterocycles. The smallest absolute Gasteiger partial charge is 0.0779 e. The molecular weight excluding hydrogens is 176 g/mol. The average Bonchev–Trinajstić information content (AvgIpc) is 2.29. The van der Waals surface area contributed by atoms with E-state index in [1.165, 1.54) is 0 Å². The van der Waals surface area contributed by atoms with E-state index >= 15 is 0 Å². The molecule has 1 unspecified atom stereocenters. The van der Waals surface area contributed by atoms with E-state index in [2.05, 4.69) is 16.7 Å². The summed E-state index contributed by atoms with van der Waals surface area (Å²) in [7, 11) is -1.50. The molecule has 2 rings (SSSR count). The van der Waals surface area contributed by atoms with Crippen molar-refractivity contribution in [3.63, 3.8) is 0 Å². The molecule has 1 aromatic rings. The fraction of sp³-hybridized carbons (Fsp3) is 0. The predicted octanol–water partition coefficient (Wildman–Crippen LogP) is 2.24. The Balaban J connectivity index is 2.64. The van der Waals surface area contributed by atoms with Gasteiger partial charge in [-0.1, -0.05) is 21.4 Å². The van der Waals surface area contributed by atoms with Crippen molar-refractivity contribution in [2.45, 2.75) is 4.90 Å². The first-order valence-electron chi connectivity index (χ1n) is 3.17. The molecule has 0 saturated heterocycles. The fourth-order valence-electron chi connectivity index (χ4n) is 1.03. The minimum atomic E-state index is -1.50. The molecule has 1 aliphatic rings. The van der Waals surface area contributed by atoms with E-state index in [1.807, 2.05) is 24.3 Å². The van der Waals surface area contributed by atoms with Crippen molar-refractivity contribution in [2.75, 3.05) is 0 Å². The molecule has 0 amide bonds. The summed E-state index contributed by atoms with van der Waals surface area (Å²) in [6.07, 6.45) is 0. The first-order valence-corrected chi connectivity index (χ1v) is 5.98. The van der Waals surface area contributed by atoms with Crippen LogP contribution >= 0.6 is 20.9 Å². The van der Waals surface area contributed by atoms with Crippen LogP contribution in [-0.2, 0) is 0 Å². The van der Waals surface area contributed by atoms with Crippen molar-refractivity contribution in [1.29, 1.82) is 0 Å². The maximum absolute atomic E-state index is 5.89. The molecule has 0 bridgehead atoms. The average molecular weight is 184 g/mol. The summed E-state index contributed by atoms with van der Waals surface area (Å²) in [6.45, 7) is 0. The second kappa shape index (κ2) is 2.27. The van der Waals surface area contributed by atoms with Crippen LogP contribution in [0.4, 0.5) is 5.69 Å². The number of fused-ring (bicyclic) bond motifs is 1. The van der Waals surface area contributed by atoms with Gasteiger partial charge in [0.25, 0.3) is 0 Å². The number of nitrogens with two attached hydrogens (primary N) is 1. The Morgan fingerprint density at radius 3 is 2.82 bits per heavy atom. The Hall–Kier alpha value is -0.450. The molecule has 58 valence electrons. The zero-order chi connectivity index (χ0) is 7.90.